The Balaban J connectivity index is 1.74. The molecule has 0 aromatic heterocycles. The third-order valence-electron chi connectivity index (χ3n) is 5.65. The predicted octanol–water partition coefficient (Wildman–Crippen LogP) is 2.66. The van der Waals surface area contributed by atoms with Crippen molar-refractivity contribution in [2.75, 3.05) is 13.1 Å². The molecule has 128 valence electrons. The SMILES string of the molecule is CCCC(C)(N)C(=O)NC1CCC(N2CCC(C)CC2)CC1. The highest BCUT2D eigenvalue weighted by Crippen LogP contribution is 2.27. The van der Waals surface area contributed by atoms with Gasteiger partial charge < -0.3 is 16.0 Å². The van der Waals surface area contributed by atoms with Gasteiger partial charge in [0.2, 0.25) is 5.91 Å². The molecule has 0 bridgehead atoms. The Labute approximate surface area is 136 Å². The molecule has 1 aliphatic carbocycles. The number of piperidine rings is 1. The molecule has 1 saturated carbocycles. The maximum Gasteiger partial charge on any atom is 0.240 e. The van der Waals surface area contributed by atoms with E-state index < -0.39 is 5.54 Å². The number of nitrogens with zero attached hydrogens (tertiary/aromatic N) is 1. The number of amides is 1. The predicted molar refractivity (Wildman–Crippen MR) is 91.7 cm³/mol. The van der Waals surface area contributed by atoms with E-state index in [4.69, 9.17) is 5.73 Å². The molecular weight excluding hydrogens is 274 g/mol. The molecule has 0 aromatic rings. The van der Waals surface area contributed by atoms with Crippen molar-refractivity contribution < 1.29 is 4.79 Å². The van der Waals surface area contributed by atoms with Crippen LogP contribution in [0.15, 0.2) is 0 Å². The van der Waals surface area contributed by atoms with Gasteiger partial charge in [-0.1, -0.05) is 20.3 Å². The van der Waals surface area contributed by atoms with Crippen molar-refractivity contribution in [2.24, 2.45) is 11.7 Å². The van der Waals surface area contributed by atoms with E-state index in [1.807, 2.05) is 6.92 Å². The van der Waals surface area contributed by atoms with Gasteiger partial charge in [-0.15, -0.1) is 0 Å². The molecule has 1 unspecified atom stereocenters. The molecule has 2 fully saturated rings. The smallest absolute Gasteiger partial charge is 0.240 e. The highest BCUT2D eigenvalue weighted by molar-refractivity contribution is 5.85. The largest absolute Gasteiger partial charge is 0.352 e. The van der Waals surface area contributed by atoms with E-state index in [9.17, 15) is 4.79 Å². The van der Waals surface area contributed by atoms with Gasteiger partial charge in [-0.25, -0.2) is 0 Å². The maximum atomic E-state index is 12.3. The van der Waals surface area contributed by atoms with Gasteiger partial charge in [0.05, 0.1) is 5.54 Å². The lowest BCUT2D eigenvalue weighted by molar-refractivity contribution is -0.127. The second-order valence-electron chi connectivity index (χ2n) is 7.86. The van der Waals surface area contributed by atoms with Crippen LogP contribution in [0.25, 0.3) is 0 Å². The standard InChI is InChI=1S/C18H35N3O/c1-4-11-18(3,19)17(22)20-15-5-7-16(8-6-15)21-12-9-14(2)10-13-21/h14-16H,4-13,19H2,1-3H3,(H,20,22). The van der Waals surface area contributed by atoms with Crippen LogP contribution < -0.4 is 11.1 Å². The van der Waals surface area contributed by atoms with Crippen molar-refractivity contribution in [3.05, 3.63) is 0 Å². The van der Waals surface area contributed by atoms with Crippen molar-refractivity contribution >= 4 is 5.91 Å². The van der Waals surface area contributed by atoms with Crippen LogP contribution in [0.1, 0.15) is 72.1 Å². The fourth-order valence-electron chi connectivity index (χ4n) is 3.96. The number of carbonyl (C=O) groups excluding carboxylic acids is 1. The summed E-state index contributed by atoms with van der Waals surface area (Å²) >= 11 is 0. The molecule has 2 aliphatic rings. The lowest BCUT2D eigenvalue weighted by Crippen LogP contribution is -2.55. The second-order valence-corrected chi connectivity index (χ2v) is 7.86. The summed E-state index contributed by atoms with van der Waals surface area (Å²) in [6, 6.07) is 1.06. The molecule has 1 amide bonds. The number of nitrogens with two attached hydrogens (primary N) is 1. The Morgan fingerprint density at radius 2 is 1.77 bits per heavy atom. The average Bonchev–Trinajstić information content (AvgIpc) is 2.49. The van der Waals surface area contributed by atoms with Gasteiger partial charge in [0.15, 0.2) is 0 Å². The first-order chi connectivity index (χ1) is 10.4. The summed E-state index contributed by atoms with van der Waals surface area (Å²) in [4.78, 5) is 15.0. The Morgan fingerprint density at radius 3 is 2.32 bits per heavy atom. The van der Waals surface area contributed by atoms with Crippen LogP contribution in [0.3, 0.4) is 0 Å². The topological polar surface area (TPSA) is 58.4 Å². The first kappa shape index (κ1) is 17.7. The summed E-state index contributed by atoms with van der Waals surface area (Å²) in [6.45, 7) is 8.82. The third kappa shape index (κ3) is 4.69. The average molecular weight is 309 g/mol. The van der Waals surface area contributed by atoms with Gasteiger partial charge in [0.25, 0.3) is 0 Å². The van der Waals surface area contributed by atoms with E-state index in [1.54, 1.807) is 0 Å². The van der Waals surface area contributed by atoms with E-state index in [2.05, 4.69) is 24.1 Å². The van der Waals surface area contributed by atoms with Gasteiger partial charge in [0.1, 0.15) is 0 Å². The minimum absolute atomic E-state index is 0.0320. The number of likely N-dealkylation sites (tertiary alicyclic amines) is 1. The Morgan fingerprint density at radius 1 is 1.18 bits per heavy atom. The van der Waals surface area contributed by atoms with Crippen molar-refractivity contribution in [1.82, 2.24) is 10.2 Å². The summed E-state index contributed by atoms with van der Waals surface area (Å²) in [5.41, 5.74) is 5.41. The molecule has 1 heterocycles. The zero-order valence-corrected chi connectivity index (χ0v) is 14.7. The van der Waals surface area contributed by atoms with Crippen LogP contribution in [0.4, 0.5) is 0 Å². The van der Waals surface area contributed by atoms with Crippen LogP contribution >= 0.6 is 0 Å². The molecule has 2 rings (SSSR count). The fourth-order valence-corrected chi connectivity index (χ4v) is 3.96. The lowest BCUT2D eigenvalue weighted by atomic mass is 9.87. The van der Waals surface area contributed by atoms with Crippen LogP contribution in [-0.2, 0) is 4.79 Å². The molecule has 22 heavy (non-hydrogen) atoms. The maximum absolute atomic E-state index is 12.3. The lowest BCUT2D eigenvalue weighted by Gasteiger charge is -2.40. The molecule has 1 atom stereocenters. The molecule has 4 heteroatoms. The molecule has 0 spiro atoms. The Kier molecular flexibility index (Phi) is 6.27. The summed E-state index contributed by atoms with van der Waals surface area (Å²) in [5.74, 6) is 0.928. The summed E-state index contributed by atoms with van der Waals surface area (Å²) in [6.07, 6.45) is 9.03. The fraction of sp³-hybridized carbons (Fsp3) is 0.944. The zero-order chi connectivity index (χ0) is 16.2. The van der Waals surface area contributed by atoms with Gasteiger partial charge in [-0.05, 0) is 70.9 Å². The number of rotatable bonds is 5. The van der Waals surface area contributed by atoms with E-state index >= 15 is 0 Å². The second kappa shape index (κ2) is 7.78. The number of carbonyl (C=O) groups is 1. The molecule has 1 aliphatic heterocycles. The van der Waals surface area contributed by atoms with Gasteiger partial charge in [0, 0.05) is 12.1 Å². The first-order valence-electron chi connectivity index (χ1n) is 9.26. The van der Waals surface area contributed by atoms with Crippen molar-refractivity contribution in [3.63, 3.8) is 0 Å². The Hall–Kier alpha value is -0.610. The monoisotopic (exact) mass is 309 g/mol. The normalized spacial score (nSPS) is 30.7. The minimum atomic E-state index is -0.714. The summed E-state index contributed by atoms with van der Waals surface area (Å²) in [5, 5.41) is 3.19. The summed E-state index contributed by atoms with van der Waals surface area (Å²) in [7, 11) is 0. The van der Waals surface area contributed by atoms with Gasteiger partial charge in [-0.2, -0.15) is 0 Å². The van der Waals surface area contributed by atoms with Crippen LogP contribution in [-0.4, -0.2) is 41.5 Å². The van der Waals surface area contributed by atoms with Crippen LogP contribution in [0.2, 0.25) is 0 Å². The number of hydrogen-bond acceptors (Lipinski definition) is 3. The molecule has 0 radical (unpaired) electrons. The van der Waals surface area contributed by atoms with Gasteiger partial charge >= 0.3 is 0 Å². The van der Waals surface area contributed by atoms with Crippen molar-refractivity contribution in [1.29, 1.82) is 0 Å². The molecule has 4 nitrogen and oxygen atoms in total. The highest BCUT2D eigenvalue weighted by atomic mass is 16.2. The zero-order valence-electron chi connectivity index (χ0n) is 14.7. The first-order valence-corrected chi connectivity index (χ1v) is 9.26. The molecule has 3 N–H and O–H groups in total. The van der Waals surface area contributed by atoms with Crippen molar-refractivity contribution in [2.45, 2.75) is 89.8 Å². The molecule has 0 aromatic carbocycles. The number of nitrogens with one attached hydrogen (secondary N) is 1. The molecule has 1 saturated heterocycles. The van der Waals surface area contributed by atoms with Crippen LogP contribution in [0, 0.1) is 5.92 Å². The Bertz CT molecular complexity index is 353. The summed E-state index contributed by atoms with van der Waals surface area (Å²) < 4.78 is 0. The highest BCUT2D eigenvalue weighted by Gasteiger charge is 2.32. The quantitative estimate of drug-likeness (QED) is 0.821. The molecular formula is C18H35N3O. The van der Waals surface area contributed by atoms with E-state index in [0.717, 1.165) is 37.6 Å². The van der Waals surface area contributed by atoms with E-state index in [-0.39, 0.29) is 5.91 Å². The third-order valence-corrected chi connectivity index (χ3v) is 5.65. The van der Waals surface area contributed by atoms with E-state index in [1.165, 1.54) is 38.8 Å². The van der Waals surface area contributed by atoms with Crippen molar-refractivity contribution in [3.8, 4) is 0 Å². The van der Waals surface area contributed by atoms with Crippen LogP contribution in [0.5, 0.6) is 0 Å². The minimum Gasteiger partial charge on any atom is -0.352 e. The van der Waals surface area contributed by atoms with E-state index in [0.29, 0.717) is 6.04 Å². The number of hydrogen-bond donors (Lipinski definition) is 2. The van der Waals surface area contributed by atoms with Gasteiger partial charge in [-0.3, -0.25) is 4.79 Å².